The molecule has 2 N–H and O–H groups in total. The Bertz CT molecular complexity index is 572. The molecule has 19 heavy (non-hydrogen) atoms. The van der Waals surface area contributed by atoms with Crippen molar-refractivity contribution < 1.29 is 4.74 Å². The molecule has 1 heterocycles. The number of halogens is 2. The fourth-order valence-electron chi connectivity index (χ4n) is 1.62. The van der Waals surface area contributed by atoms with Gasteiger partial charge in [0.15, 0.2) is 5.82 Å². The maximum Gasteiger partial charge on any atom is 0.183 e. The van der Waals surface area contributed by atoms with Gasteiger partial charge in [-0.3, -0.25) is 0 Å². The van der Waals surface area contributed by atoms with Crippen LogP contribution in [0.25, 0.3) is 11.4 Å². The predicted octanol–water partition coefficient (Wildman–Crippen LogP) is 2.27. The SMILES string of the molecule is CCOCCn1nnnc1-c1cc(N)cc(Cl)c1Cl. The van der Waals surface area contributed by atoms with Crippen LogP contribution in [0.3, 0.4) is 0 Å². The molecule has 8 heteroatoms. The number of tetrazole rings is 1. The first-order valence-electron chi connectivity index (χ1n) is 5.72. The van der Waals surface area contributed by atoms with Gasteiger partial charge >= 0.3 is 0 Å². The van der Waals surface area contributed by atoms with Gasteiger partial charge < -0.3 is 10.5 Å². The van der Waals surface area contributed by atoms with E-state index in [0.29, 0.717) is 46.9 Å². The molecule has 0 atom stereocenters. The number of nitrogens with two attached hydrogens (primary N) is 1. The first-order chi connectivity index (χ1) is 9.13. The van der Waals surface area contributed by atoms with E-state index in [0.717, 1.165) is 0 Å². The molecule has 0 radical (unpaired) electrons. The summed E-state index contributed by atoms with van der Waals surface area (Å²) in [7, 11) is 0. The monoisotopic (exact) mass is 301 g/mol. The van der Waals surface area contributed by atoms with E-state index >= 15 is 0 Å². The molecule has 2 aromatic rings. The molecule has 6 nitrogen and oxygen atoms in total. The number of rotatable bonds is 5. The first kappa shape index (κ1) is 14.0. The van der Waals surface area contributed by atoms with E-state index in [9.17, 15) is 0 Å². The Labute approximate surface area is 120 Å². The topological polar surface area (TPSA) is 78.8 Å². The Hall–Kier alpha value is -1.37. The number of nitrogen functional groups attached to an aromatic ring is 1. The minimum Gasteiger partial charge on any atom is -0.399 e. The number of hydrogen-bond acceptors (Lipinski definition) is 5. The molecule has 102 valence electrons. The van der Waals surface area contributed by atoms with Gasteiger partial charge in [0.05, 0.1) is 23.2 Å². The minimum absolute atomic E-state index is 0.371. The van der Waals surface area contributed by atoms with Crippen LogP contribution in [-0.2, 0) is 11.3 Å². The van der Waals surface area contributed by atoms with Crippen LogP contribution in [0.4, 0.5) is 5.69 Å². The van der Waals surface area contributed by atoms with E-state index in [1.165, 1.54) is 0 Å². The van der Waals surface area contributed by atoms with Gasteiger partial charge in [-0.25, -0.2) is 4.68 Å². The molecular weight excluding hydrogens is 289 g/mol. The van der Waals surface area contributed by atoms with Crippen molar-refractivity contribution in [1.29, 1.82) is 0 Å². The summed E-state index contributed by atoms with van der Waals surface area (Å²) in [6.45, 7) is 3.61. The fraction of sp³-hybridized carbons (Fsp3) is 0.364. The van der Waals surface area contributed by atoms with Crippen molar-refractivity contribution in [2.45, 2.75) is 13.5 Å². The van der Waals surface area contributed by atoms with E-state index in [1.807, 2.05) is 6.92 Å². The molecule has 0 saturated carbocycles. The second-order valence-electron chi connectivity index (χ2n) is 3.79. The smallest absolute Gasteiger partial charge is 0.183 e. The average Bonchev–Trinajstić information content (AvgIpc) is 2.82. The largest absolute Gasteiger partial charge is 0.399 e. The van der Waals surface area contributed by atoms with Gasteiger partial charge in [-0.05, 0) is 29.5 Å². The van der Waals surface area contributed by atoms with Crippen LogP contribution in [-0.4, -0.2) is 33.4 Å². The third-order valence-corrected chi connectivity index (χ3v) is 3.28. The van der Waals surface area contributed by atoms with Crippen molar-refractivity contribution in [3.8, 4) is 11.4 Å². The number of ether oxygens (including phenoxy) is 1. The second-order valence-corrected chi connectivity index (χ2v) is 4.57. The third-order valence-electron chi connectivity index (χ3n) is 2.47. The van der Waals surface area contributed by atoms with Crippen LogP contribution >= 0.6 is 23.2 Å². The molecule has 0 saturated heterocycles. The normalized spacial score (nSPS) is 10.9. The number of nitrogens with zero attached hydrogens (tertiary/aromatic N) is 4. The Balaban J connectivity index is 2.34. The Morgan fingerprint density at radius 3 is 2.89 bits per heavy atom. The van der Waals surface area contributed by atoms with Crippen molar-refractivity contribution in [3.63, 3.8) is 0 Å². The zero-order valence-electron chi connectivity index (χ0n) is 10.3. The summed E-state index contributed by atoms with van der Waals surface area (Å²) >= 11 is 12.2. The number of anilines is 1. The molecule has 0 bridgehead atoms. The minimum atomic E-state index is 0.371. The summed E-state index contributed by atoms with van der Waals surface area (Å²) in [5, 5.41) is 12.2. The first-order valence-corrected chi connectivity index (χ1v) is 6.48. The van der Waals surface area contributed by atoms with E-state index < -0.39 is 0 Å². The third kappa shape index (κ3) is 3.15. The van der Waals surface area contributed by atoms with E-state index in [1.54, 1.807) is 16.8 Å². The Morgan fingerprint density at radius 2 is 2.16 bits per heavy atom. The van der Waals surface area contributed by atoms with Crippen molar-refractivity contribution >= 4 is 28.9 Å². The predicted molar refractivity (Wildman–Crippen MR) is 74.2 cm³/mol. The fourth-order valence-corrected chi connectivity index (χ4v) is 2.04. The molecule has 2 rings (SSSR count). The van der Waals surface area contributed by atoms with Gasteiger partial charge in [0.1, 0.15) is 0 Å². The van der Waals surface area contributed by atoms with Crippen LogP contribution in [0.1, 0.15) is 6.92 Å². The van der Waals surface area contributed by atoms with Gasteiger partial charge in [-0.1, -0.05) is 23.2 Å². The zero-order chi connectivity index (χ0) is 13.8. The molecule has 0 fully saturated rings. The van der Waals surface area contributed by atoms with Crippen LogP contribution in [0.2, 0.25) is 10.0 Å². The summed E-state index contributed by atoms with van der Waals surface area (Å²) in [6.07, 6.45) is 0. The molecule has 1 aromatic carbocycles. The maximum atomic E-state index is 6.16. The zero-order valence-corrected chi connectivity index (χ0v) is 11.8. The van der Waals surface area contributed by atoms with Gasteiger partial charge in [0, 0.05) is 17.9 Å². The van der Waals surface area contributed by atoms with Crippen LogP contribution in [0.15, 0.2) is 12.1 Å². The molecule has 0 aliphatic rings. The van der Waals surface area contributed by atoms with Crippen molar-refractivity contribution in [1.82, 2.24) is 20.2 Å². The standard InChI is InChI=1S/C11H13Cl2N5O/c1-2-19-4-3-18-11(15-16-17-18)8-5-7(14)6-9(12)10(8)13/h5-6H,2-4,14H2,1H3. The van der Waals surface area contributed by atoms with Crippen LogP contribution < -0.4 is 5.73 Å². The molecule has 0 amide bonds. The van der Waals surface area contributed by atoms with Gasteiger partial charge in [-0.15, -0.1) is 5.10 Å². The van der Waals surface area contributed by atoms with Crippen LogP contribution in [0.5, 0.6) is 0 Å². The summed E-state index contributed by atoms with van der Waals surface area (Å²) in [5.41, 5.74) is 6.87. The molecule has 0 spiro atoms. The summed E-state index contributed by atoms with van der Waals surface area (Å²) in [4.78, 5) is 0. The highest BCUT2D eigenvalue weighted by Crippen LogP contribution is 2.34. The number of hydrogen-bond donors (Lipinski definition) is 1. The molecular formula is C11H13Cl2N5O. The van der Waals surface area contributed by atoms with Gasteiger partial charge in [-0.2, -0.15) is 0 Å². The summed E-state index contributed by atoms with van der Waals surface area (Å²) in [6, 6.07) is 3.28. The second kappa shape index (κ2) is 6.18. The Morgan fingerprint density at radius 1 is 1.37 bits per heavy atom. The van der Waals surface area contributed by atoms with E-state index in [-0.39, 0.29) is 0 Å². The maximum absolute atomic E-state index is 6.16. The lowest BCUT2D eigenvalue weighted by Gasteiger charge is -2.08. The summed E-state index contributed by atoms with van der Waals surface area (Å²) in [5.74, 6) is 0.513. The molecule has 1 aromatic heterocycles. The quantitative estimate of drug-likeness (QED) is 0.677. The number of aromatic nitrogens is 4. The Kier molecular flexibility index (Phi) is 4.57. The highest BCUT2D eigenvalue weighted by Gasteiger charge is 2.15. The molecule has 0 unspecified atom stereocenters. The average molecular weight is 302 g/mol. The van der Waals surface area contributed by atoms with Gasteiger partial charge in [0.2, 0.25) is 0 Å². The van der Waals surface area contributed by atoms with Crippen LogP contribution in [0, 0.1) is 0 Å². The van der Waals surface area contributed by atoms with E-state index in [2.05, 4.69) is 15.5 Å². The highest BCUT2D eigenvalue weighted by molar-refractivity contribution is 6.43. The lowest BCUT2D eigenvalue weighted by atomic mass is 10.2. The molecule has 0 aliphatic heterocycles. The van der Waals surface area contributed by atoms with Crippen molar-refractivity contribution in [2.24, 2.45) is 0 Å². The lowest BCUT2D eigenvalue weighted by molar-refractivity contribution is 0.136. The van der Waals surface area contributed by atoms with E-state index in [4.69, 9.17) is 33.7 Å². The summed E-state index contributed by atoms with van der Waals surface area (Å²) < 4.78 is 6.88. The lowest BCUT2D eigenvalue weighted by Crippen LogP contribution is -2.09. The van der Waals surface area contributed by atoms with Crippen molar-refractivity contribution in [3.05, 3.63) is 22.2 Å². The van der Waals surface area contributed by atoms with Gasteiger partial charge in [0.25, 0.3) is 0 Å². The van der Waals surface area contributed by atoms with Crippen molar-refractivity contribution in [2.75, 3.05) is 18.9 Å². The number of benzene rings is 1. The molecule has 0 aliphatic carbocycles. The highest BCUT2D eigenvalue weighted by atomic mass is 35.5.